The number of rotatable bonds is 4. The van der Waals surface area contributed by atoms with Crippen LogP contribution in [0.2, 0.25) is 0 Å². The van der Waals surface area contributed by atoms with Gasteiger partial charge in [0.2, 0.25) is 5.78 Å². The third kappa shape index (κ3) is 2.62. The number of carbonyl (C=O) groups is 1. The number of pyridine rings is 1. The standard InChI is InChI=1S/C18H13BrN2O2/c1-2-23-18-14(11-20)15-5-3-4-10-21(15)16(18)17(22)12-6-8-13(19)9-7-12/h3-10H,2H2,1H3. The van der Waals surface area contributed by atoms with Crippen molar-refractivity contribution in [2.45, 2.75) is 6.92 Å². The van der Waals surface area contributed by atoms with Crippen molar-refractivity contribution in [2.75, 3.05) is 6.61 Å². The Morgan fingerprint density at radius 1 is 1.26 bits per heavy atom. The molecular weight excluding hydrogens is 356 g/mol. The van der Waals surface area contributed by atoms with Crippen molar-refractivity contribution in [3.63, 3.8) is 0 Å². The number of ketones is 1. The number of nitrogens with zero attached hydrogens (tertiary/aromatic N) is 2. The van der Waals surface area contributed by atoms with E-state index in [1.165, 1.54) is 0 Å². The summed E-state index contributed by atoms with van der Waals surface area (Å²) < 4.78 is 8.25. The highest BCUT2D eigenvalue weighted by molar-refractivity contribution is 9.10. The van der Waals surface area contributed by atoms with Crippen LogP contribution in [0.1, 0.15) is 28.5 Å². The van der Waals surface area contributed by atoms with E-state index in [2.05, 4.69) is 22.0 Å². The highest BCUT2D eigenvalue weighted by atomic mass is 79.9. The van der Waals surface area contributed by atoms with E-state index in [1.807, 2.05) is 31.2 Å². The zero-order valence-corrected chi connectivity index (χ0v) is 14.0. The van der Waals surface area contributed by atoms with Gasteiger partial charge in [0.25, 0.3) is 0 Å². The number of ether oxygens (including phenoxy) is 1. The molecule has 0 aliphatic carbocycles. The van der Waals surface area contributed by atoms with Crippen LogP contribution >= 0.6 is 15.9 Å². The maximum atomic E-state index is 13.0. The zero-order chi connectivity index (χ0) is 16.4. The third-order valence-corrected chi connectivity index (χ3v) is 4.05. The number of nitriles is 1. The van der Waals surface area contributed by atoms with Gasteiger partial charge in [-0.05, 0) is 43.3 Å². The lowest BCUT2D eigenvalue weighted by Gasteiger charge is -2.07. The van der Waals surface area contributed by atoms with Gasteiger partial charge < -0.3 is 9.14 Å². The second-order valence-corrected chi connectivity index (χ2v) is 5.81. The Bertz CT molecular complexity index is 921. The van der Waals surface area contributed by atoms with E-state index in [4.69, 9.17) is 4.74 Å². The first-order valence-corrected chi connectivity index (χ1v) is 7.93. The molecule has 0 saturated carbocycles. The molecule has 0 radical (unpaired) electrons. The molecule has 0 saturated heterocycles. The van der Waals surface area contributed by atoms with Crippen LogP contribution in [0.3, 0.4) is 0 Å². The average Bonchev–Trinajstić information content (AvgIpc) is 2.88. The number of fused-ring (bicyclic) bond motifs is 1. The molecule has 0 aliphatic rings. The lowest BCUT2D eigenvalue weighted by Crippen LogP contribution is -2.08. The normalized spacial score (nSPS) is 10.5. The quantitative estimate of drug-likeness (QED) is 0.648. The van der Waals surface area contributed by atoms with E-state index in [-0.39, 0.29) is 5.78 Å². The summed E-state index contributed by atoms with van der Waals surface area (Å²) in [5.74, 6) is 0.165. The number of carbonyl (C=O) groups excluding carboxylic acids is 1. The second-order valence-electron chi connectivity index (χ2n) is 4.89. The van der Waals surface area contributed by atoms with Gasteiger partial charge in [0, 0.05) is 16.2 Å². The predicted octanol–water partition coefficient (Wildman–Crippen LogP) is 4.20. The second kappa shape index (κ2) is 6.27. The van der Waals surface area contributed by atoms with Gasteiger partial charge in [-0.25, -0.2) is 0 Å². The fraction of sp³-hybridized carbons (Fsp3) is 0.111. The van der Waals surface area contributed by atoms with Crippen LogP contribution in [0.15, 0.2) is 53.1 Å². The SMILES string of the molecule is CCOc1c(C#N)c2ccccn2c1C(=O)c1ccc(Br)cc1. The van der Waals surface area contributed by atoms with E-state index >= 15 is 0 Å². The number of halogens is 1. The van der Waals surface area contributed by atoms with Gasteiger partial charge in [-0.2, -0.15) is 5.26 Å². The molecule has 2 aromatic heterocycles. The van der Waals surface area contributed by atoms with Gasteiger partial charge in [-0.3, -0.25) is 4.79 Å². The Morgan fingerprint density at radius 2 is 2.00 bits per heavy atom. The largest absolute Gasteiger partial charge is 0.490 e. The summed E-state index contributed by atoms with van der Waals surface area (Å²) in [6.45, 7) is 2.21. The molecule has 114 valence electrons. The summed E-state index contributed by atoms with van der Waals surface area (Å²) in [4.78, 5) is 13.0. The lowest BCUT2D eigenvalue weighted by molar-refractivity contribution is 0.103. The van der Waals surface area contributed by atoms with E-state index in [0.717, 1.165) is 4.47 Å². The molecule has 0 fully saturated rings. The van der Waals surface area contributed by atoms with Gasteiger partial charge in [-0.15, -0.1) is 0 Å². The minimum Gasteiger partial charge on any atom is -0.490 e. The molecule has 0 aliphatic heterocycles. The molecule has 0 amide bonds. The summed E-state index contributed by atoms with van der Waals surface area (Å²) in [6.07, 6.45) is 1.77. The van der Waals surface area contributed by atoms with E-state index in [1.54, 1.807) is 28.8 Å². The van der Waals surface area contributed by atoms with Crippen molar-refractivity contribution >= 4 is 27.2 Å². The molecule has 0 unspecified atom stereocenters. The molecule has 0 spiro atoms. The van der Waals surface area contributed by atoms with Crippen molar-refractivity contribution in [1.82, 2.24) is 4.40 Å². The van der Waals surface area contributed by atoms with Gasteiger partial charge in [0.1, 0.15) is 17.3 Å². The van der Waals surface area contributed by atoms with Gasteiger partial charge in [0.05, 0.1) is 12.1 Å². The number of hydrogen-bond acceptors (Lipinski definition) is 3. The van der Waals surface area contributed by atoms with Gasteiger partial charge in [0.15, 0.2) is 5.75 Å². The Hall–Kier alpha value is -2.58. The molecule has 1 aromatic carbocycles. The van der Waals surface area contributed by atoms with Crippen LogP contribution in [0.5, 0.6) is 5.75 Å². The highest BCUT2D eigenvalue weighted by Crippen LogP contribution is 2.32. The Morgan fingerprint density at radius 3 is 2.65 bits per heavy atom. The first-order valence-electron chi connectivity index (χ1n) is 7.13. The summed E-state index contributed by atoms with van der Waals surface area (Å²) in [5.41, 5.74) is 1.97. The maximum Gasteiger partial charge on any atom is 0.213 e. The number of benzene rings is 1. The van der Waals surface area contributed by atoms with Crippen LogP contribution in [0, 0.1) is 11.3 Å². The monoisotopic (exact) mass is 368 g/mol. The molecular formula is C18H13BrN2O2. The molecule has 23 heavy (non-hydrogen) atoms. The van der Waals surface area contributed by atoms with E-state index in [9.17, 15) is 10.1 Å². The molecule has 3 rings (SSSR count). The molecule has 0 N–H and O–H groups in total. The topological polar surface area (TPSA) is 54.5 Å². The van der Waals surface area contributed by atoms with Gasteiger partial charge >= 0.3 is 0 Å². The highest BCUT2D eigenvalue weighted by Gasteiger charge is 2.25. The molecule has 3 aromatic rings. The van der Waals surface area contributed by atoms with Crippen LogP contribution in [-0.4, -0.2) is 16.8 Å². The van der Waals surface area contributed by atoms with Crippen LogP contribution in [-0.2, 0) is 0 Å². The molecule has 0 atom stereocenters. The minimum absolute atomic E-state index is 0.177. The maximum absolute atomic E-state index is 13.0. The van der Waals surface area contributed by atoms with E-state index < -0.39 is 0 Å². The number of hydrogen-bond donors (Lipinski definition) is 0. The smallest absolute Gasteiger partial charge is 0.213 e. The summed E-state index contributed by atoms with van der Waals surface area (Å²) >= 11 is 3.36. The van der Waals surface area contributed by atoms with Crippen molar-refractivity contribution in [2.24, 2.45) is 0 Å². The average molecular weight is 369 g/mol. The van der Waals surface area contributed by atoms with Crippen LogP contribution in [0.25, 0.3) is 5.52 Å². The van der Waals surface area contributed by atoms with Crippen molar-refractivity contribution < 1.29 is 9.53 Å². The summed E-state index contributed by atoms with van der Waals surface area (Å²) in [7, 11) is 0. The van der Waals surface area contributed by atoms with Gasteiger partial charge in [-0.1, -0.05) is 22.0 Å². The molecule has 4 nitrogen and oxygen atoms in total. The van der Waals surface area contributed by atoms with Crippen molar-refractivity contribution in [3.05, 3.63) is 70.0 Å². The van der Waals surface area contributed by atoms with Crippen molar-refractivity contribution in [3.8, 4) is 11.8 Å². The molecule has 2 heterocycles. The van der Waals surface area contributed by atoms with Crippen molar-refractivity contribution in [1.29, 1.82) is 5.26 Å². The van der Waals surface area contributed by atoms with Crippen LogP contribution in [0.4, 0.5) is 0 Å². The summed E-state index contributed by atoms with van der Waals surface area (Å²) in [6, 6.07) is 14.7. The predicted molar refractivity (Wildman–Crippen MR) is 90.9 cm³/mol. The molecule has 5 heteroatoms. The summed E-state index contributed by atoms with van der Waals surface area (Å²) in [5, 5.41) is 9.48. The lowest BCUT2D eigenvalue weighted by atomic mass is 10.1. The third-order valence-electron chi connectivity index (χ3n) is 3.52. The minimum atomic E-state index is -0.177. The van der Waals surface area contributed by atoms with E-state index in [0.29, 0.717) is 34.7 Å². The fourth-order valence-electron chi connectivity index (χ4n) is 2.53. The molecule has 0 bridgehead atoms. The Labute approximate surface area is 142 Å². The number of aromatic nitrogens is 1. The Balaban J connectivity index is 2.27. The Kier molecular flexibility index (Phi) is 4.18. The first kappa shape index (κ1) is 15.3. The fourth-order valence-corrected chi connectivity index (χ4v) is 2.79. The first-order chi connectivity index (χ1) is 11.2. The van der Waals surface area contributed by atoms with Crippen LogP contribution < -0.4 is 4.74 Å². The zero-order valence-electron chi connectivity index (χ0n) is 12.4.